The Kier molecular flexibility index (Phi) is 14.8. The Morgan fingerprint density at radius 3 is 2.41 bits per heavy atom. The predicted molar refractivity (Wildman–Crippen MR) is 213 cm³/mol. The van der Waals surface area contributed by atoms with Crippen LogP contribution in [-0.4, -0.2) is 90.7 Å². The van der Waals surface area contributed by atoms with Gasteiger partial charge in [0.1, 0.15) is 36.7 Å². The average molecular weight is 795 g/mol. The van der Waals surface area contributed by atoms with Gasteiger partial charge in [-0.2, -0.15) is 0 Å². The second-order valence-electron chi connectivity index (χ2n) is 15.6. The zero-order valence-electron chi connectivity index (χ0n) is 32.9. The summed E-state index contributed by atoms with van der Waals surface area (Å²) < 4.78 is 38.1. The Hall–Kier alpha value is -5.25. The number of hydrogen-bond acceptors (Lipinski definition) is 10. The van der Waals surface area contributed by atoms with E-state index in [1.54, 1.807) is 37.3 Å². The van der Waals surface area contributed by atoms with E-state index >= 15 is 0 Å². The van der Waals surface area contributed by atoms with Crippen LogP contribution in [0.1, 0.15) is 67.2 Å². The van der Waals surface area contributed by atoms with Crippen LogP contribution < -0.4 is 25.7 Å². The lowest BCUT2D eigenvalue weighted by Crippen LogP contribution is -2.56. The lowest BCUT2D eigenvalue weighted by atomic mass is 9.96. The fraction of sp³-hybridized carbons (Fsp3) is 0.500. The number of amides is 4. The lowest BCUT2D eigenvalue weighted by Gasteiger charge is -2.28. The second-order valence-corrected chi connectivity index (χ2v) is 17.6. The number of nitrogens with one attached hydrogen (secondary N) is 4. The highest BCUT2D eigenvalue weighted by atomic mass is 32.2. The highest BCUT2D eigenvalue weighted by molar-refractivity contribution is 7.90. The van der Waals surface area contributed by atoms with Gasteiger partial charge < -0.3 is 30.0 Å². The van der Waals surface area contributed by atoms with Gasteiger partial charge in [-0.05, 0) is 55.9 Å². The third-order valence-corrected chi connectivity index (χ3v) is 10.7. The quantitative estimate of drug-likeness (QED) is 0.161. The first kappa shape index (κ1) is 43.5. The number of likely N-dealkylation sites (tertiary alicyclic amines) is 1. The smallest absolute Gasteiger partial charge is 0.407 e. The van der Waals surface area contributed by atoms with E-state index in [0.29, 0.717) is 48.0 Å². The van der Waals surface area contributed by atoms with Crippen molar-refractivity contribution >= 4 is 44.9 Å². The second kappa shape index (κ2) is 19.1. The van der Waals surface area contributed by atoms with Crippen LogP contribution in [0.4, 0.5) is 4.79 Å². The van der Waals surface area contributed by atoms with Crippen molar-refractivity contribution in [1.29, 1.82) is 0 Å². The van der Waals surface area contributed by atoms with Crippen molar-refractivity contribution in [3.63, 3.8) is 0 Å². The molecule has 1 aliphatic carbocycles. The maximum atomic E-state index is 13.3. The van der Waals surface area contributed by atoms with Crippen LogP contribution in [-0.2, 0) is 29.1 Å². The van der Waals surface area contributed by atoms with E-state index in [1.807, 2.05) is 32.0 Å². The molecular formula is C40H54N6O9S. The molecule has 304 valence electrons. The molecule has 56 heavy (non-hydrogen) atoms. The summed E-state index contributed by atoms with van der Waals surface area (Å²) in [6, 6.07) is 12.1. The molecular weight excluding hydrogens is 741 g/mol. The molecule has 1 aromatic heterocycles. The van der Waals surface area contributed by atoms with E-state index in [9.17, 15) is 32.4 Å². The summed E-state index contributed by atoms with van der Waals surface area (Å²) in [6.07, 6.45) is 2.38. The van der Waals surface area contributed by atoms with Crippen molar-refractivity contribution in [3.8, 4) is 17.0 Å². The summed E-state index contributed by atoms with van der Waals surface area (Å²) in [5.41, 5.74) is 1.16. The Morgan fingerprint density at radius 2 is 1.73 bits per heavy atom. The van der Waals surface area contributed by atoms with E-state index in [4.69, 9.17) is 9.47 Å². The van der Waals surface area contributed by atoms with Crippen molar-refractivity contribution < 1.29 is 37.1 Å². The van der Waals surface area contributed by atoms with Gasteiger partial charge in [-0.15, -0.1) is 6.58 Å². The van der Waals surface area contributed by atoms with E-state index in [0.717, 1.165) is 5.92 Å². The molecule has 4 amide bonds. The van der Waals surface area contributed by atoms with E-state index in [-0.39, 0.29) is 31.0 Å². The van der Waals surface area contributed by atoms with Crippen LogP contribution in [0.25, 0.3) is 22.3 Å². The van der Waals surface area contributed by atoms with Gasteiger partial charge in [0, 0.05) is 23.4 Å². The maximum absolute atomic E-state index is 13.3. The Morgan fingerprint density at radius 1 is 1.04 bits per heavy atom. The van der Waals surface area contributed by atoms with Crippen LogP contribution in [0.3, 0.4) is 0 Å². The van der Waals surface area contributed by atoms with Gasteiger partial charge in [0.25, 0.3) is 11.5 Å². The van der Waals surface area contributed by atoms with Crippen LogP contribution >= 0.6 is 0 Å². The zero-order valence-corrected chi connectivity index (χ0v) is 33.7. The number of benzene rings is 2. The van der Waals surface area contributed by atoms with E-state index in [2.05, 4.69) is 52.7 Å². The fourth-order valence-corrected chi connectivity index (χ4v) is 7.00. The molecule has 1 saturated carbocycles. The number of carbonyl (C=O) groups excluding carboxylic acids is 4. The standard InChI is InChI=1S/C36H44N6O9S.C4H10/c1-5-22(2)30(34(46)41-52(48,49)25-15-16-25)40-32(44)28-14-9-17-42(28)29(43)19-37-35(47)51-21-36(3,4)20-50-24-11-8-10-23(18-24)31-33(45)39-27-13-7-6-12-26(27)38-31;1-4(2)3/h5-8,10-13,18,22,25,28,30H,1,9,14-17,19-21H2,2-4H3,(H,37,47)(H,39,45)(H,40,44)(H,41,46);4H,1-3H3. The topological polar surface area (TPSA) is 206 Å². The number of rotatable bonds is 15. The number of aromatic nitrogens is 2. The largest absolute Gasteiger partial charge is 0.493 e. The van der Waals surface area contributed by atoms with Crippen molar-refractivity contribution in [2.45, 2.75) is 84.6 Å². The minimum absolute atomic E-state index is 0.0469. The highest BCUT2D eigenvalue weighted by Crippen LogP contribution is 2.28. The van der Waals surface area contributed by atoms with Crippen LogP contribution in [0.2, 0.25) is 0 Å². The lowest BCUT2D eigenvalue weighted by molar-refractivity contribution is -0.139. The SMILES string of the molecule is C=CC(C)C(NC(=O)C1CCCN1C(=O)CNC(=O)OCC(C)(C)COc1cccc(-c2nc3ccccc3[nH]c2=O)c1)C(=O)NS(=O)(=O)C1CC1.CC(C)C. The summed E-state index contributed by atoms with van der Waals surface area (Å²) in [5, 5.41) is 4.41. The molecule has 1 aliphatic heterocycles. The van der Waals surface area contributed by atoms with Crippen molar-refractivity contribution in [1.82, 2.24) is 30.2 Å². The number of para-hydroxylation sites is 2. The summed E-state index contributed by atoms with van der Waals surface area (Å²) >= 11 is 0. The fourth-order valence-electron chi connectivity index (χ4n) is 5.66. The number of hydrogen-bond donors (Lipinski definition) is 4. The first-order valence-corrected chi connectivity index (χ1v) is 20.4. The first-order chi connectivity index (χ1) is 26.4. The normalized spacial score (nSPS) is 16.6. The summed E-state index contributed by atoms with van der Waals surface area (Å²) in [5.74, 6) is -1.28. The molecule has 3 unspecified atom stereocenters. The van der Waals surface area contributed by atoms with E-state index < -0.39 is 69.0 Å². The van der Waals surface area contributed by atoms with Crippen LogP contribution in [0.15, 0.2) is 66.0 Å². The number of H-pyrrole nitrogens is 1. The van der Waals surface area contributed by atoms with Gasteiger partial charge in [-0.3, -0.25) is 23.9 Å². The molecule has 2 aromatic carbocycles. The number of fused-ring (bicyclic) bond motifs is 1. The molecule has 5 rings (SSSR count). The predicted octanol–water partition coefficient (Wildman–Crippen LogP) is 4.29. The molecule has 3 aromatic rings. The summed E-state index contributed by atoms with van der Waals surface area (Å²) in [6.45, 7) is 15.4. The zero-order chi connectivity index (χ0) is 41.2. The number of sulfonamides is 1. The van der Waals surface area contributed by atoms with Gasteiger partial charge >= 0.3 is 6.09 Å². The summed E-state index contributed by atoms with van der Waals surface area (Å²) in [7, 11) is -3.84. The van der Waals surface area contributed by atoms with Crippen molar-refractivity contribution in [2.24, 2.45) is 17.3 Å². The molecule has 2 fully saturated rings. The maximum Gasteiger partial charge on any atom is 0.407 e. The van der Waals surface area contributed by atoms with Gasteiger partial charge in [-0.25, -0.2) is 18.2 Å². The minimum atomic E-state index is -3.84. The minimum Gasteiger partial charge on any atom is -0.493 e. The molecule has 0 spiro atoms. The third-order valence-electron chi connectivity index (χ3n) is 8.87. The number of ether oxygens (including phenoxy) is 2. The monoisotopic (exact) mass is 794 g/mol. The summed E-state index contributed by atoms with van der Waals surface area (Å²) in [4.78, 5) is 73.1. The molecule has 0 radical (unpaired) electrons. The van der Waals surface area contributed by atoms with Crippen molar-refractivity contribution in [2.75, 3.05) is 26.3 Å². The molecule has 2 aliphatic rings. The molecule has 1 saturated heterocycles. The van der Waals surface area contributed by atoms with Gasteiger partial charge in [-0.1, -0.05) is 71.9 Å². The van der Waals surface area contributed by atoms with Gasteiger partial charge in [0.2, 0.25) is 21.8 Å². The Balaban J connectivity index is 0.00000166. The average Bonchev–Trinajstić information content (AvgIpc) is 3.91. The molecule has 15 nitrogen and oxygen atoms in total. The molecule has 4 N–H and O–H groups in total. The van der Waals surface area contributed by atoms with E-state index in [1.165, 1.54) is 11.0 Å². The number of carbonyl (C=O) groups is 4. The Labute approximate surface area is 328 Å². The number of aromatic amines is 1. The molecule has 3 atom stereocenters. The molecule has 0 bridgehead atoms. The van der Waals surface area contributed by atoms with Gasteiger partial charge in [0.05, 0.1) is 22.9 Å². The molecule has 16 heteroatoms. The number of alkyl carbamates (subject to hydrolysis) is 1. The van der Waals surface area contributed by atoms with Crippen LogP contribution in [0.5, 0.6) is 5.75 Å². The van der Waals surface area contributed by atoms with Crippen molar-refractivity contribution in [3.05, 3.63) is 71.5 Å². The molecule has 2 heterocycles. The third kappa shape index (κ3) is 12.4. The van der Waals surface area contributed by atoms with Crippen LogP contribution in [0, 0.1) is 17.3 Å². The first-order valence-electron chi connectivity index (χ1n) is 18.8. The van der Waals surface area contributed by atoms with Gasteiger partial charge in [0.15, 0.2) is 0 Å². The highest BCUT2D eigenvalue weighted by Gasteiger charge is 2.40. The Bertz CT molecular complexity index is 2060. The number of nitrogens with zero attached hydrogens (tertiary/aromatic N) is 2.